The minimum atomic E-state index is 0.104. The predicted molar refractivity (Wildman–Crippen MR) is 69.8 cm³/mol. The van der Waals surface area contributed by atoms with Gasteiger partial charge in [-0.25, -0.2) is 0 Å². The van der Waals surface area contributed by atoms with Crippen LogP contribution in [0.3, 0.4) is 0 Å². The van der Waals surface area contributed by atoms with Crippen molar-refractivity contribution in [2.24, 2.45) is 5.41 Å². The minimum absolute atomic E-state index is 0.104. The Kier molecular flexibility index (Phi) is 3.09. The molecule has 1 saturated heterocycles. The fourth-order valence-electron chi connectivity index (χ4n) is 2.17. The molecule has 2 N–H and O–H groups in total. The molecule has 1 heterocycles. The van der Waals surface area contributed by atoms with Gasteiger partial charge in [-0.3, -0.25) is 4.79 Å². The molecule has 0 radical (unpaired) electrons. The fraction of sp³-hybridized carbons (Fsp3) is 0.500. The molecule has 17 heavy (non-hydrogen) atoms. The third-order valence-corrected chi connectivity index (χ3v) is 3.54. The Balaban J connectivity index is 2.07. The van der Waals surface area contributed by atoms with Gasteiger partial charge in [0.1, 0.15) is 0 Å². The molecular formula is C14H20N2O. The highest BCUT2D eigenvalue weighted by atomic mass is 16.2. The van der Waals surface area contributed by atoms with Crippen molar-refractivity contribution in [2.75, 3.05) is 18.8 Å². The van der Waals surface area contributed by atoms with Gasteiger partial charge in [-0.1, -0.05) is 19.9 Å². The number of hydrogen-bond donors (Lipinski definition) is 1. The van der Waals surface area contributed by atoms with E-state index in [4.69, 9.17) is 5.73 Å². The van der Waals surface area contributed by atoms with Gasteiger partial charge in [-0.05, 0) is 36.5 Å². The summed E-state index contributed by atoms with van der Waals surface area (Å²) in [5.41, 5.74) is 7.41. The van der Waals surface area contributed by atoms with E-state index in [2.05, 4.69) is 13.8 Å². The fourth-order valence-corrected chi connectivity index (χ4v) is 2.17. The molecule has 0 unspecified atom stereocenters. The number of nitrogens with two attached hydrogens (primary N) is 1. The Morgan fingerprint density at radius 1 is 1.29 bits per heavy atom. The molecule has 0 atom stereocenters. The van der Waals surface area contributed by atoms with Crippen molar-refractivity contribution in [1.29, 1.82) is 0 Å². The van der Waals surface area contributed by atoms with Gasteiger partial charge in [0.15, 0.2) is 0 Å². The Labute approximate surface area is 103 Å². The zero-order valence-corrected chi connectivity index (χ0v) is 10.6. The molecule has 1 aromatic rings. The van der Waals surface area contributed by atoms with E-state index in [1.54, 1.807) is 12.1 Å². The lowest BCUT2D eigenvalue weighted by Crippen LogP contribution is -2.41. The zero-order chi connectivity index (χ0) is 12.5. The van der Waals surface area contributed by atoms with E-state index in [1.807, 2.05) is 17.0 Å². The highest BCUT2D eigenvalue weighted by molar-refractivity contribution is 5.95. The van der Waals surface area contributed by atoms with Gasteiger partial charge in [0.25, 0.3) is 5.91 Å². The molecule has 1 aliphatic rings. The molecule has 1 fully saturated rings. The highest BCUT2D eigenvalue weighted by Crippen LogP contribution is 2.30. The first-order valence-corrected chi connectivity index (χ1v) is 6.13. The largest absolute Gasteiger partial charge is 0.399 e. The molecule has 1 aliphatic heterocycles. The Morgan fingerprint density at radius 3 is 2.53 bits per heavy atom. The quantitative estimate of drug-likeness (QED) is 0.756. The summed E-state index contributed by atoms with van der Waals surface area (Å²) in [4.78, 5) is 14.2. The number of nitrogen functional groups attached to an aromatic ring is 1. The molecule has 1 aromatic carbocycles. The van der Waals surface area contributed by atoms with Crippen molar-refractivity contribution in [3.8, 4) is 0 Å². The van der Waals surface area contributed by atoms with E-state index in [-0.39, 0.29) is 5.91 Å². The number of amides is 1. The molecule has 0 saturated carbocycles. The lowest BCUT2D eigenvalue weighted by atomic mass is 9.82. The lowest BCUT2D eigenvalue weighted by Gasteiger charge is -2.37. The van der Waals surface area contributed by atoms with Crippen molar-refractivity contribution in [1.82, 2.24) is 4.90 Å². The van der Waals surface area contributed by atoms with Gasteiger partial charge in [0, 0.05) is 24.3 Å². The second kappa shape index (κ2) is 4.40. The summed E-state index contributed by atoms with van der Waals surface area (Å²) in [5.74, 6) is 0.104. The molecule has 0 spiro atoms. The van der Waals surface area contributed by atoms with E-state index in [9.17, 15) is 4.79 Å². The molecule has 0 aliphatic carbocycles. The van der Waals surface area contributed by atoms with Gasteiger partial charge in [0.2, 0.25) is 0 Å². The number of benzene rings is 1. The molecule has 0 bridgehead atoms. The third kappa shape index (κ3) is 2.78. The number of carbonyl (C=O) groups is 1. The van der Waals surface area contributed by atoms with Gasteiger partial charge < -0.3 is 10.6 Å². The average Bonchev–Trinajstić information content (AvgIpc) is 2.28. The normalized spacial score (nSPS) is 19.1. The van der Waals surface area contributed by atoms with Crippen LogP contribution in [0, 0.1) is 5.41 Å². The molecule has 2 rings (SSSR count). The van der Waals surface area contributed by atoms with Crippen molar-refractivity contribution in [2.45, 2.75) is 26.7 Å². The van der Waals surface area contributed by atoms with Crippen LogP contribution >= 0.6 is 0 Å². The SMILES string of the molecule is CC1(C)CCN(C(=O)c2cccc(N)c2)CC1. The van der Waals surface area contributed by atoms with Crippen LogP contribution in [0.4, 0.5) is 5.69 Å². The van der Waals surface area contributed by atoms with Crippen molar-refractivity contribution >= 4 is 11.6 Å². The average molecular weight is 232 g/mol. The van der Waals surface area contributed by atoms with Crippen molar-refractivity contribution in [3.63, 3.8) is 0 Å². The molecule has 3 heteroatoms. The van der Waals surface area contributed by atoms with Gasteiger partial charge in [-0.2, -0.15) is 0 Å². The first-order chi connectivity index (χ1) is 7.98. The Bertz CT molecular complexity index is 416. The number of rotatable bonds is 1. The number of carbonyl (C=O) groups excluding carboxylic acids is 1. The summed E-state index contributed by atoms with van der Waals surface area (Å²) in [7, 11) is 0. The van der Waals surface area contributed by atoms with Crippen LogP contribution in [0.1, 0.15) is 37.0 Å². The van der Waals surface area contributed by atoms with Crippen molar-refractivity contribution < 1.29 is 4.79 Å². The van der Waals surface area contributed by atoms with Crippen molar-refractivity contribution in [3.05, 3.63) is 29.8 Å². The van der Waals surface area contributed by atoms with Gasteiger partial charge in [-0.15, -0.1) is 0 Å². The summed E-state index contributed by atoms with van der Waals surface area (Å²) < 4.78 is 0. The maximum absolute atomic E-state index is 12.2. The van der Waals surface area contributed by atoms with Crippen LogP contribution in [-0.2, 0) is 0 Å². The van der Waals surface area contributed by atoms with E-state index < -0.39 is 0 Å². The predicted octanol–water partition coefficient (Wildman–Crippen LogP) is 2.53. The first kappa shape index (κ1) is 12.0. The van der Waals surface area contributed by atoms with E-state index in [0.29, 0.717) is 16.7 Å². The maximum Gasteiger partial charge on any atom is 0.253 e. The van der Waals surface area contributed by atoms with E-state index in [0.717, 1.165) is 25.9 Å². The van der Waals surface area contributed by atoms with Crippen LogP contribution in [0.5, 0.6) is 0 Å². The monoisotopic (exact) mass is 232 g/mol. The molecule has 92 valence electrons. The zero-order valence-electron chi connectivity index (χ0n) is 10.6. The lowest BCUT2D eigenvalue weighted by molar-refractivity contribution is 0.0630. The third-order valence-electron chi connectivity index (χ3n) is 3.54. The standard InChI is InChI=1S/C14H20N2O/c1-14(2)6-8-16(9-7-14)13(17)11-4-3-5-12(15)10-11/h3-5,10H,6-9,15H2,1-2H3. The number of nitrogens with zero attached hydrogens (tertiary/aromatic N) is 1. The summed E-state index contributed by atoms with van der Waals surface area (Å²) >= 11 is 0. The number of hydrogen-bond acceptors (Lipinski definition) is 2. The Morgan fingerprint density at radius 2 is 1.94 bits per heavy atom. The molecule has 1 amide bonds. The second-order valence-corrected chi connectivity index (χ2v) is 5.58. The second-order valence-electron chi connectivity index (χ2n) is 5.58. The van der Waals surface area contributed by atoms with Crippen LogP contribution in [0.2, 0.25) is 0 Å². The van der Waals surface area contributed by atoms with Gasteiger partial charge >= 0.3 is 0 Å². The molecule has 3 nitrogen and oxygen atoms in total. The summed E-state index contributed by atoms with van der Waals surface area (Å²) in [6.45, 7) is 6.21. The summed E-state index contributed by atoms with van der Waals surface area (Å²) in [5, 5.41) is 0. The van der Waals surface area contributed by atoms with Crippen LogP contribution < -0.4 is 5.73 Å². The van der Waals surface area contributed by atoms with Crippen LogP contribution in [-0.4, -0.2) is 23.9 Å². The maximum atomic E-state index is 12.2. The number of likely N-dealkylation sites (tertiary alicyclic amines) is 1. The minimum Gasteiger partial charge on any atom is -0.399 e. The highest BCUT2D eigenvalue weighted by Gasteiger charge is 2.28. The number of piperidine rings is 1. The van der Waals surface area contributed by atoms with E-state index in [1.165, 1.54) is 0 Å². The van der Waals surface area contributed by atoms with Crippen LogP contribution in [0.15, 0.2) is 24.3 Å². The van der Waals surface area contributed by atoms with E-state index >= 15 is 0 Å². The van der Waals surface area contributed by atoms with Gasteiger partial charge in [0.05, 0.1) is 0 Å². The first-order valence-electron chi connectivity index (χ1n) is 6.13. The Hall–Kier alpha value is -1.51. The molecule has 0 aromatic heterocycles. The number of anilines is 1. The summed E-state index contributed by atoms with van der Waals surface area (Å²) in [6, 6.07) is 7.22. The smallest absolute Gasteiger partial charge is 0.253 e. The molecular weight excluding hydrogens is 212 g/mol. The topological polar surface area (TPSA) is 46.3 Å². The van der Waals surface area contributed by atoms with Crippen LogP contribution in [0.25, 0.3) is 0 Å². The summed E-state index contributed by atoms with van der Waals surface area (Å²) in [6.07, 6.45) is 2.14.